The fraction of sp³-hybridized carbons (Fsp3) is 0.467. The molecule has 2 amide bonds. The van der Waals surface area contributed by atoms with Crippen molar-refractivity contribution in [3.8, 4) is 0 Å². The zero-order chi connectivity index (χ0) is 16.0. The number of benzene rings is 1. The smallest absolute Gasteiger partial charge is 0.236 e. The van der Waals surface area contributed by atoms with Crippen LogP contribution in [0.3, 0.4) is 0 Å². The third-order valence-corrected chi connectivity index (χ3v) is 3.07. The Morgan fingerprint density at radius 2 is 1.71 bits per heavy atom. The molecule has 1 aromatic carbocycles. The van der Waals surface area contributed by atoms with Crippen molar-refractivity contribution in [2.45, 2.75) is 13.0 Å². The van der Waals surface area contributed by atoms with E-state index in [0.717, 1.165) is 5.56 Å². The van der Waals surface area contributed by atoms with E-state index >= 15 is 0 Å². The van der Waals surface area contributed by atoms with Crippen LogP contribution in [-0.2, 0) is 9.59 Å². The first-order chi connectivity index (χ1) is 9.79. The van der Waals surface area contributed by atoms with Gasteiger partial charge < -0.3 is 10.2 Å². The van der Waals surface area contributed by atoms with E-state index in [9.17, 15) is 14.0 Å². The lowest BCUT2D eigenvalue weighted by Gasteiger charge is -2.20. The Morgan fingerprint density at radius 3 is 2.24 bits per heavy atom. The predicted octanol–water partition coefficient (Wildman–Crippen LogP) is 1.02. The molecule has 0 radical (unpaired) electrons. The third kappa shape index (κ3) is 5.91. The van der Waals surface area contributed by atoms with Gasteiger partial charge in [-0.2, -0.15) is 0 Å². The van der Waals surface area contributed by atoms with Gasteiger partial charge in [-0.05, 0) is 31.7 Å². The topological polar surface area (TPSA) is 52.7 Å². The highest BCUT2D eigenvalue weighted by Gasteiger charge is 2.14. The van der Waals surface area contributed by atoms with Crippen molar-refractivity contribution in [3.63, 3.8) is 0 Å². The van der Waals surface area contributed by atoms with Gasteiger partial charge in [0, 0.05) is 14.1 Å². The molecule has 1 atom stereocenters. The van der Waals surface area contributed by atoms with Gasteiger partial charge in [0.1, 0.15) is 5.82 Å². The van der Waals surface area contributed by atoms with Crippen LogP contribution >= 0.6 is 0 Å². The predicted molar refractivity (Wildman–Crippen MR) is 79.1 cm³/mol. The fourth-order valence-corrected chi connectivity index (χ4v) is 1.80. The van der Waals surface area contributed by atoms with Crippen LogP contribution in [0, 0.1) is 5.82 Å². The summed E-state index contributed by atoms with van der Waals surface area (Å²) in [5, 5.41) is 2.82. The Labute approximate surface area is 124 Å². The summed E-state index contributed by atoms with van der Waals surface area (Å²) in [4.78, 5) is 26.6. The lowest BCUT2D eigenvalue weighted by atomic mass is 10.1. The second-order valence-corrected chi connectivity index (χ2v) is 5.30. The highest BCUT2D eigenvalue weighted by Crippen LogP contribution is 2.12. The molecular weight excluding hydrogens is 273 g/mol. The minimum Gasteiger partial charge on any atom is -0.348 e. The summed E-state index contributed by atoms with van der Waals surface area (Å²) >= 11 is 0. The van der Waals surface area contributed by atoms with Crippen molar-refractivity contribution in [2.24, 2.45) is 0 Å². The molecule has 1 rings (SSSR count). The van der Waals surface area contributed by atoms with Crippen molar-refractivity contribution in [1.82, 2.24) is 15.1 Å². The van der Waals surface area contributed by atoms with E-state index in [1.54, 1.807) is 38.2 Å². The molecule has 0 spiro atoms. The number of carbonyl (C=O) groups is 2. The van der Waals surface area contributed by atoms with Crippen LogP contribution in [0.2, 0.25) is 0 Å². The number of amides is 2. The van der Waals surface area contributed by atoms with Gasteiger partial charge in [0.15, 0.2) is 0 Å². The molecule has 0 saturated carbocycles. The number of carbonyl (C=O) groups excluding carboxylic acids is 2. The molecular formula is C15H22FN3O2. The highest BCUT2D eigenvalue weighted by molar-refractivity contribution is 5.81. The standard InChI is InChI=1S/C15H22FN3O2/c1-11(12-5-7-13(16)8-6-12)17-14(20)9-19(4)10-15(21)18(2)3/h5-8,11H,9-10H2,1-4H3,(H,17,20). The van der Waals surface area contributed by atoms with E-state index in [-0.39, 0.29) is 36.8 Å². The van der Waals surface area contributed by atoms with Crippen LogP contribution in [0.1, 0.15) is 18.5 Å². The van der Waals surface area contributed by atoms with Gasteiger partial charge in [0.2, 0.25) is 11.8 Å². The third-order valence-electron chi connectivity index (χ3n) is 3.07. The maximum absolute atomic E-state index is 12.8. The molecule has 1 unspecified atom stereocenters. The Balaban J connectivity index is 2.46. The highest BCUT2D eigenvalue weighted by atomic mass is 19.1. The van der Waals surface area contributed by atoms with Crippen LogP contribution in [-0.4, -0.2) is 55.8 Å². The minimum atomic E-state index is -0.306. The van der Waals surface area contributed by atoms with Crippen LogP contribution in [0.4, 0.5) is 4.39 Å². The van der Waals surface area contributed by atoms with Crippen LogP contribution < -0.4 is 5.32 Å². The molecule has 0 heterocycles. The number of nitrogens with one attached hydrogen (secondary N) is 1. The summed E-state index contributed by atoms with van der Waals surface area (Å²) in [5.74, 6) is -0.544. The van der Waals surface area contributed by atoms with Crippen molar-refractivity contribution in [3.05, 3.63) is 35.6 Å². The Bertz CT molecular complexity index is 488. The number of halogens is 1. The average molecular weight is 295 g/mol. The SMILES string of the molecule is CC(NC(=O)CN(C)CC(=O)N(C)C)c1ccc(F)cc1. The van der Waals surface area contributed by atoms with Gasteiger partial charge >= 0.3 is 0 Å². The van der Waals surface area contributed by atoms with E-state index in [4.69, 9.17) is 0 Å². The Morgan fingerprint density at radius 1 is 1.14 bits per heavy atom. The number of hydrogen-bond donors (Lipinski definition) is 1. The normalized spacial score (nSPS) is 12.1. The molecule has 0 saturated heterocycles. The van der Waals surface area contributed by atoms with Crippen LogP contribution in [0.15, 0.2) is 24.3 Å². The number of likely N-dealkylation sites (N-methyl/N-ethyl adjacent to an activating group) is 2. The lowest BCUT2D eigenvalue weighted by molar-refractivity contribution is -0.130. The molecule has 116 valence electrons. The lowest BCUT2D eigenvalue weighted by Crippen LogP contribution is -2.41. The Hall–Kier alpha value is -1.95. The maximum Gasteiger partial charge on any atom is 0.236 e. The van der Waals surface area contributed by atoms with Crippen molar-refractivity contribution in [2.75, 3.05) is 34.2 Å². The first kappa shape index (κ1) is 17.1. The fourth-order valence-electron chi connectivity index (χ4n) is 1.80. The first-order valence-electron chi connectivity index (χ1n) is 6.73. The molecule has 0 bridgehead atoms. The summed E-state index contributed by atoms with van der Waals surface area (Å²) in [6, 6.07) is 5.79. The van der Waals surface area contributed by atoms with Crippen molar-refractivity contribution in [1.29, 1.82) is 0 Å². The molecule has 21 heavy (non-hydrogen) atoms. The molecule has 0 aromatic heterocycles. The van der Waals surface area contributed by atoms with Gasteiger partial charge in [-0.15, -0.1) is 0 Å². The quantitative estimate of drug-likeness (QED) is 0.852. The molecule has 0 aliphatic rings. The maximum atomic E-state index is 12.8. The van der Waals surface area contributed by atoms with Crippen LogP contribution in [0.25, 0.3) is 0 Å². The van der Waals surface area contributed by atoms with E-state index in [1.807, 2.05) is 6.92 Å². The first-order valence-corrected chi connectivity index (χ1v) is 6.73. The van der Waals surface area contributed by atoms with E-state index in [0.29, 0.717) is 0 Å². The molecule has 5 nitrogen and oxygen atoms in total. The van der Waals surface area contributed by atoms with Crippen molar-refractivity contribution < 1.29 is 14.0 Å². The number of hydrogen-bond acceptors (Lipinski definition) is 3. The van der Waals surface area contributed by atoms with E-state index in [2.05, 4.69) is 5.32 Å². The van der Waals surface area contributed by atoms with Gasteiger partial charge in [-0.1, -0.05) is 12.1 Å². The minimum absolute atomic E-state index is 0.0584. The molecule has 1 N–H and O–H groups in total. The van der Waals surface area contributed by atoms with Gasteiger partial charge in [0.05, 0.1) is 19.1 Å². The zero-order valence-corrected chi connectivity index (χ0v) is 12.9. The zero-order valence-electron chi connectivity index (χ0n) is 12.9. The largest absolute Gasteiger partial charge is 0.348 e. The number of nitrogens with zero attached hydrogens (tertiary/aromatic N) is 2. The molecule has 1 aromatic rings. The monoisotopic (exact) mass is 295 g/mol. The van der Waals surface area contributed by atoms with Crippen LogP contribution in [0.5, 0.6) is 0 Å². The average Bonchev–Trinajstić information content (AvgIpc) is 2.38. The molecule has 0 aliphatic carbocycles. The summed E-state index contributed by atoms with van der Waals surface area (Å²) in [7, 11) is 5.06. The molecule has 6 heteroatoms. The Kier molecular flexibility index (Phi) is 6.30. The summed E-state index contributed by atoms with van der Waals surface area (Å²) < 4.78 is 12.8. The van der Waals surface area contributed by atoms with Gasteiger partial charge in [-0.3, -0.25) is 14.5 Å². The van der Waals surface area contributed by atoms with Crippen molar-refractivity contribution >= 4 is 11.8 Å². The second kappa shape index (κ2) is 7.73. The van der Waals surface area contributed by atoms with Gasteiger partial charge in [-0.25, -0.2) is 4.39 Å². The van der Waals surface area contributed by atoms with Gasteiger partial charge in [0.25, 0.3) is 0 Å². The summed E-state index contributed by atoms with van der Waals surface area (Å²) in [5.41, 5.74) is 0.830. The number of rotatable bonds is 6. The molecule has 0 fully saturated rings. The summed E-state index contributed by atoms with van der Waals surface area (Å²) in [6.45, 7) is 2.15. The molecule has 0 aliphatic heterocycles. The van der Waals surface area contributed by atoms with E-state index < -0.39 is 0 Å². The summed E-state index contributed by atoms with van der Waals surface area (Å²) in [6.07, 6.45) is 0. The second-order valence-electron chi connectivity index (χ2n) is 5.30. The van der Waals surface area contributed by atoms with E-state index in [1.165, 1.54) is 17.0 Å².